The first-order chi connectivity index (χ1) is 34.4. The number of primary amides is 1. The molecule has 75 heavy (non-hydrogen) atoms. The van der Waals surface area contributed by atoms with Gasteiger partial charge in [-0.2, -0.15) is 0 Å². The maximum Gasteiger partial charge on any atom is 0.323 e. The molecular weight excluding hydrogens is 1020 g/mol. The second-order valence-electron chi connectivity index (χ2n) is 14.6. The molecular formula is C38H80N16O21. The van der Waals surface area contributed by atoms with E-state index in [1.165, 1.54) is 20.2 Å². The largest absolute Gasteiger partial charge is 0.480 e. The van der Waals surface area contributed by atoms with Crippen LogP contribution in [0.3, 0.4) is 0 Å². The van der Waals surface area contributed by atoms with Crippen LogP contribution in [-0.2, 0) is 54.4 Å². The fraction of sp³-hybridized carbons (Fsp3) is 0.632. The predicted octanol–water partition coefficient (Wildman–Crippen LogP) is -9.12. The van der Waals surface area contributed by atoms with Crippen LogP contribution in [0.1, 0.15) is 64.5 Å². The van der Waals surface area contributed by atoms with Crippen molar-refractivity contribution in [2.45, 2.75) is 120 Å². The van der Waals surface area contributed by atoms with Gasteiger partial charge in [-0.1, -0.05) is 0 Å². The molecule has 1 saturated heterocycles. The van der Waals surface area contributed by atoms with Crippen molar-refractivity contribution < 1.29 is 104 Å². The number of hydrogen-bond donors (Lipinski definition) is 26. The summed E-state index contributed by atoms with van der Waals surface area (Å²) >= 11 is 0. The minimum absolute atomic E-state index is 0.112. The third-order valence-corrected chi connectivity index (χ3v) is 7.64. The zero-order valence-electron chi connectivity index (χ0n) is 41.3. The molecule has 438 valence electrons. The fourth-order valence-corrected chi connectivity index (χ4v) is 3.33. The van der Waals surface area contributed by atoms with Gasteiger partial charge in [-0.3, -0.25) is 53.4 Å². The summed E-state index contributed by atoms with van der Waals surface area (Å²) in [6.45, 7) is 3.81. The number of aliphatic carboxylic acids is 9. The van der Waals surface area contributed by atoms with Crippen molar-refractivity contribution in [1.29, 1.82) is 5.41 Å². The van der Waals surface area contributed by atoms with Gasteiger partial charge in [0.2, 0.25) is 5.91 Å². The molecule has 9 atom stereocenters. The number of nitrogens with two attached hydrogens (primary N) is 11. The molecule has 1 aliphatic rings. The number of amides is 1. The van der Waals surface area contributed by atoms with E-state index < -0.39 is 115 Å². The standard InChI is InChI=1S/C6H14N4O2.C6H9N3O2.C5H12N2O2.C5H9NO2.C4H8N2O3.C4H9NO3.C3H7NO3.C3H7NO2.C2H5NO2/c7-4(5(11)12)2-1-3-10-6(8)9;7-5(6(10)11)1-4-2-8-3-9-4;6-3-1-2-4(7)5(8)9;7-5(8)4-2-1-3-6-4;5-2(4(8)9)1-3(6)7;1-2(6)3(5)4(7)8;4-2(1-5)3(6)7;1-2(4)3(5)6;3-1-2(4)5/h4H,1-3,7H2,(H,11,12)(H4,8,9,10);2-3,5H,1,7H2,(H,8,9)(H,10,11);4H,1-3,6-7H2,(H,8,9);4,6H,1-3H2,(H,7,8);2H,1,5H2,(H2,6,7)(H,8,9);2-3,6H,5H2,1H3,(H,7,8);2,5H,1,4H2,(H,6,7);2H,4H2,1H3,(H,5,6);1,3H2,(H,4,5)/t;;;4-;;;;;/m...0...../s1. The zero-order valence-corrected chi connectivity index (χ0v) is 41.3. The average molecular weight is 1100 g/mol. The number of aromatic amines is 1. The quantitative estimate of drug-likeness (QED) is 0.0291. The summed E-state index contributed by atoms with van der Waals surface area (Å²) in [7, 11) is 0. The second kappa shape index (κ2) is 51.6. The van der Waals surface area contributed by atoms with Crippen molar-refractivity contribution in [3.8, 4) is 0 Å². The molecule has 1 aromatic rings. The molecule has 1 aliphatic heterocycles. The lowest BCUT2D eigenvalue weighted by molar-refractivity contribution is -0.141. The zero-order chi connectivity index (χ0) is 60.6. The summed E-state index contributed by atoms with van der Waals surface area (Å²) in [6, 6.07) is -6.87. The molecule has 37 nitrogen and oxygen atoms in total. The molecule has 1 fully saturated rings. The lowest BCUT2D eigenvalue weighted by Gasteiger charge is -2.06. The van der Waals surface area contributed by atoms with Gasteiger partial charge >= 0.3 is 53.7 Å². The van der Waals surface area contributed by atoms with E-state index >= 15 is 0 Å². The molecule has 0 aromatic carbocycles. The van der Waals surface area contributed by atoms with Gasteiger partial charge in [0.25, 0.3) is 0 Å². The first kappa shape index (κ1) is 81.7. The molecule has 0 spiro atoms. The Hall–Kier alpha value is -7.30. The van der Waals surface area contributed by atoms with E-state index in [9.17, 15) is 47.9 Å². The number of H-pyrrole nitrogens is 1. The number of carbonyl (C=O) groups excluding carboxylic acids is 1. The number of hydrogen-bond acceptors (Lipinski definition) is 24. The summed E-state index contributed by atoms with van der Waals surface area (Å²) in [5.41, 5.74) is 55.1. The van der Waals surface area contributed by atoms with Crippen molar-refractivity contribution >= 4 is 65.6 Å². The predicted molar refractivity (Wildman–Crippen MR) is 263 cm³/mol. The van der Waals surface area contributed by atoms with Crippen LogP contribution < -0.4 is 73.7 Å². The van der Waals surface area contributed by atoms with Gasteiger partial charge in [-0.25, -0.2) is 4.98 Å². The molecule has 37 heteroatoms. The third-order valence-electron chi connectivity index (χ3n) is 7.64. The number of aliphatic hydroxyl groups excluding tert-OH is 2. The maximum absolute atomic E-state index is 10.3. The molecule has 2 heterocycles. The topological polar surface area (TPSA) is 756 Å². The molecule has 0 bridgehead atoms. The minimum Gasteiger partial charge on any atom is -0.480 e. The van der Waals surface area contributed by atoms with E-state index in [1.807, 2.05) is 0 Å². The third kappa shape index (κ3) is 64.7. The number of nitrogens with one attached hydrogen (secondary N) is 4. The monoisotopic (exact) mass is 1100 g/mol. The lowest BCUT2D eigenvalue weighted by atomic mass is 10.2. The van der Waals surface area contributed by atoms with Gasteiger partial charge in [0.1, 0.15) is 48.3 Å². The van der Waals surface area contributed by atoms with E-state index in [4.69, 9.17) is 113 Å². The Balaban J connectivity index is -0.000000140. The number of aromatic nitrogens is 2. The average Bonchev–Trinajstić information content (AvgIpc) is 4.06. The Kier molecular flexibility index (Phi) is 56.2. The summed E-state index contributed by atoms with van der Waals surface area (Å²) in [6.07, 6.45) is 5.99. The summed E-state index contributed by atoms with van der Waals surface area (Å²) in [5, 5.41) is 102. The smallest absolute Gasteiger partial charge is 0.323 e. The first-order valence-corrected chi connectivity index (χ1v) is 21.5. The van der Waals surface area contributed by atoms with Crippen molar-refractivity contribution in [3.05, 3.63) is 18.2 Å². The van der Waals surface area contributed by atoms with Gasteiger partial charge in [-0.05, 0) is 65.5 Å². The van der Waals surface area contributed by atoms with Crippen LogP contribution in [0.4, 0.5) is 0 Å². The lowest BCUT2D eigenvalue weighted by Crippen LogP contribution is -2.39. The van der Waals surface area contributed by atoms with E-state index in [2.05, 4.69) is 32.1 Å². The molecule has 1 aromatic heterocycles. The molecule has 0 radical (unpaired) electrons. The number of aliphatic hydroxyl groups is 2. The summed E-state index contributed by atoms with van der Waals surface area (Å²) in [4.78, 5) is 105. The van der Waals surface area contributed by atoms with Crippen LogP contribution in [0.15, 0.2) is 12.5 Å². The van der Waals surface area contributed by atoms with E-state index in [-0.39, 0.29) is 31.4 Å². The highest BCUT2D eigenvalue weighted by Gasteiger charge is 2.20. The Morgan fingerprint density at radius 3 is 1.32 bits per heavy atom. The van der Waals surface area contributed by atoms with Crippen LogP contribution in [0.2, 0.25) is 0 Å². The normalized spacial score (nSPS) is 14.6. The number of imidazole rings is 1. The van der Waals surface area contributed by atoms with Crippen molar-refractivity contribution in [2.24, 2.45) is 63.1 Å². The molecule has 8 unspecified atom stereocenters. The van der Waals surface area contributed by atoms with Crippen LogP contribution in [0, 0.1) is 5.41 Å². The minimum atomic E-state index is -1.21. The maximum atomic E-state index is 10.3. The Morgan fingerprint density at radius 2 is 1.12 bits per heavy atom. The van der Waals surface area contributed by atoms with Crippen LogP contribution >= 0.6 is 0 Å². The van der Waals surface area contributed by atoms with Crippen LogP contribution in [-0.4, -0.2) is 219 Å². The van der Waals surface area contributed by atoms with Gasteiger partial charge in [-0.15, -0.1) is 0 Å². The number of nitrogens with zero attached hydrogens (tertiary/aromatic N) is 1. The van der Waals surface area contributed by atoms with Crippen LogP contribution in [0.25, 0.3) is 0 Å². The van der Waals surface area contributed by atoms with E-state index in [0.717, 1.165) is 19.4 Å². The Labute approximate surface area is 429 Å². The molecule has 37 N–H and O–H groups in total. The highest BCUT2D eigenvalue weighted by molar-refractivity contribution is 5.83. The molecule has 0 saturated carbocycles. The molecule has 1 amide bonds. The van der Waals surface area contributed by atoms with Crippen molar-refractivity contribution in [2.75, 3.05) is 32.8 Å². The first-order valence-electron chi connectivity index (χ1n) is 21.5. The number of rotatable bonds is 22. The Bertz CT molecular complexity index is 1750. The second-order valence-corrected chi connectivity index (χ2v) is 14.6. The molecule has 2 rings (SSSR count). The fourth-order valence-electron chi connectivity index (χ4n) is 3.33. The number of guanidine groups is 1. The number of carbonyl (C=O) groups is 10. The summed E-state index contributed by atoms with van der Waals surface area (Å²) < 4.78 is 0. The highest BCUT2D eigenvalue weighted by Crippen LogP contribution is 2.03. The van der Waals surface area contributed by atoms with Gasteiger partial charge in [0.05, 0.1) is 37.7 Å². The van der Waals surface area contributed by atoms with Crippen molar-refractivity contribution in [3.63, 3.8) is 0 Å². The van der Waals surface area contributed by atoms with Gasteiger partial charge < -0.3 is 135 Å². The van der Waals surface area contributed by atoms with Gasteiger partial charge in [0, 0.05) is 19.2 Å². The highest BCUT2D eigenvalue weighted by atomic mass is 16.4. The van der Waals surface area contributed by atoms with Crippen molar-refractivity contribution in [1.82, 2.24) is 20.6 Å². The molecule has 0 aliphatic carbocycles. The Morgan fingerprint density at radius 1 is 0.693 bits per heavy atom. The van der Waals surface area contributed by atoms with E-state index in [0.29, 0.717) is 44.5 Å². The van der Waals surface area contributed by atoms with Gasteiger partial charge in [0.15, 0.2) is 5.96 Å². The number of carboxylic acids is 9. The number of carboxylic acid groups (broad SMARTS) is 9. The van der Waals surface area contributed by atoms with E-state index in [1.54, 1.807) is 6.20 Å². The van der Waals surface area contributed by atoms with Crippen LogP contribution in [0.5, 0.6) is 0 Å². The summed E-state index contributed by atoms with van der Waals surface area (Å²) in [5.74, 6) is -10.0. The SMILES string of the molecule is CC(N)C(=O)O.CC(O)C(N)C(=O)O.N=C(N)NCCCC(N)C(=O)O.NC(=O)CC(N)C(=O)O.NC(CO)C(=O)O.NC(Cc1c[nH]cn1)C(=O)O.NCC(=O)O.NCCCC(N)C(=O)O.O=C(O)[C@@H]1CCCN1.